The molecule has 0 radical (unpaired) electrons. The molecule has 0 aromatic carbocycles. The van der Waals surface area contributed by atoms with Crippen molar-refractivity contribution >= 4 is 60.5 Å². The summed E-state index contributed by atoms with van der Waals surface area (Å²) in [6, 6.07) is 0. The second-order valence-corrected chi connectivity index (χ2v) is 23.8. The Morgan fingerprint density at radius 1 is 1.35 bits per heavy atom. The van der Waals surface area contributed by atoms with Crippen LogP contribution in [0.3, 0.4) is 0 Å². The Balaban J connectivity index is 0.00000149. The standard InChI is InChI=1S/C15H28O4Si.2HI.V/c1-11(17)18-14(2,3)12-8-9-15(4,13(12)10-16)19-20(5,6)7;;;/h10,12-13H,8-9H2,1-7H3;2*1H;/q;;;+2/p-2. The van der Waals surface area contributed by atoms with Crippen LogP contribution in [0.15, 0.2) is 0 Å². The molecule has 23 heavy (non-hydrogen) atoms. The van der Waals surface area contributed by atoms with E-state index in [1.54, 1.807) is 0 Å². The first-order chi connectivity index (χ1) is 10.3. The monoisotopic (exact) mass is 605 g/mol. The molecule has 0 saturated heterocycles. The normalized spacial score (nSPS) is 27.7. The molecule has 1 saturated carbocycles. The average Bonchev–Trinajstić information content (AvgIpc) is 2.63. The fourth-order valence-corrected chi connectivity index (χ4v) is 5.13. The van der Waals surface area contributed by atoms with E-state index in [2.05, 4.69) is 59.6 Å². The second-order valence-electron chi connectivity index (χ2n) is 7.60. The topological polar surface area (TPSA) is 52.6 Å². The fourth-order valence-electron chi connectivity index (χ4n) is 3.50. The summed E-state index contributed by atoms with van der Waals surface area (Å²) in [5, 5.41) is 0. The zero-order valence-electron chi connectivity index (χ0n) is 15.0. The van der Waals surface area contributed by atoms with Gasteiger partial charge >= 0.3 is 55.4 Å². The van der Waals surface area contributed by atoms with Gasteiger partial charge in [-0.25, -0.2) is 0 Å². The van der Waals surface area contributed by atoms with E-state index in [-0.39, 0.29) is 17.8 Å². The number of hydrogen-bond donors (Lipinski definition) is 0. The van der Waals surface area contributed by atoms with Crippen LogP contribution in [0.4, 0.5) is 0 Å². The summed E-state index contributed by atoms with van der Waals surface area (Å²) in [6.07, 6.45) is 2.66. The van der Waals surface area contributed by atoms with Crippen LogP contribution in [0.1, 0.15) is 40.5 Å². The summed E-state index contributed by atoms with van der Waals surface area (Å²) in [6.45, 7) is 13.6. The van der Waals surface area contributed by atoms with Crippen LogP contribution >= 0.6 is 40.0 Å². The summed E-state index contributed by atoms with van der Waals surface area (Å²) < 4.78 is 11.7. The molecule has 0 spiro atoms. The minimum absolute atomic E-state index is 0.00486. The number of carbonyl (C=O) groups is 2. The van der Waals surface area contributed by atoms with Crippen molar-refractivity contribution in [3.05, 3.63) is 0 Å². The van der Waals surface area contributed by atoms with Crippen LogP contribution in [0.5, 0.6) is 0 Å². The van der Waals surface area contributed by atoms with Crippen molar-refractivity contribution in [1.29, 1.82) is 0 Å². The first-order valence-electron chi connectivity index (χ1n) is 7.60. The summed E-state index contributed by atoms with van der Waals surface area (Å²) in [7, 11) is -1.11. The Kier molecular flexibility index (Phi) is 10.5. The van der Waals surface area contributed by atoms with Crippen molar-refractivity contribution < 1.29 is 28.2 Å². The average molecular weight is 605 g/mol. The van der Waals surface area contributed by atoms with Crippen LogP contribution in [0, 0.1) is 11.8 Å². The molecule has 0 N–H and O–H groups in total. The Bertz CT molecular complexity index is 415. The first kappa shape index (κ1) is 24.4. The van der Waals surface area contributed by atoms with E-state index in [0.29, 0.717) is 9.47 Å². The Labute approximate surface area is 170 Å². The molecule has 0 aromatic rings. The number of ether oxygens (including phenoxy) is 1. The molecule has 0 amide bonds. The third kappa shape index (κ3) is 8.06. The maximum absolute atomic E-state index is 11.6. The van der Waals surface area contributed by atoms with Gasteiger partial charge in [0.05, 0.1) is 5.60 Å². The molecule has 0 heterocycles. The van der Waals surface area contributed by atoms with Crippen molar-refractivity contribution in [3.8, 4) is 0 Å². The van der Waals surface area contributed by atoms with Gasteiger partial charge in [-0.05, 0) is 53.3 Å². The van der Waals surface area contributed by atoms with Crippen LogP contribution in [-0.4, -0.2) is 31.8 Å². The first-order valence-corrected chi connectivity index (χ1v) is 20.0. The summed E-state index contributed by atoms with van der Waals surface area (Å²) in [5.41, 5.74) is -1.08. The number of aldehydes is 1. The van der Waals surface area contributed by atoms with Gasteiger partial charge in [-0.1, -0.05) is 0 Å². The van der Waals surface area contributed by atoms with Gasteiger partial charge in [-0.2, -0.15) is 0 Å². The third-order valence-electron chi connectivity index (χ3n) is 4.08. The van der Waals surface area contributed by atoms with Gasteiger partial charge in [0.25, 0.3) is 0 Å². The van der Waals surface area contributed by atoms with E-state index in [1.165, 1.54) is 6.92 Å². The van der Waals surface area contributed by atoms with Crippen molar-refractivity contribution in [2.75, 3.05) is 0 Å². The van der Waals surface area contributed by atoms with E-state index >= 15 is 0 Å². The molecule has 1 aliphatic rings. The Morgan fingerprint density at radius 2 is 1.83 bits per heavy atom. The number of esters is 1. The van der Waals surface area contributed by atoms with Crippen LogP contribution in [0.2, 0.25) is 19.6 Å². The number of carbonyl (C=O) groups excluding carboxylic acids is 2. The summed E-state index contributed by atoms with van der Waals surface area (Å²) >= 11 is 4.74. The number of hydrogen-bond acceptors (Lipinski definition) is 4. The van der Waals surface area contributed by atoms with Gasteiger partial charge < -0.3 is 14.0 Å². The van der Waals surface area contributed by atoms with Gasteiger partial charge in [0, 0.05) is 18.8 Å². The SMILES string of the molecule is CC(=O)OC(C)(C)C1CCC(C)(O[Si](C)(C)C)C1C=O.[I][V][I]. The molecule has 0 aromatic heterocycles. The molecule has 0 bridgehead atoms. The number of halogens is 2. The molecule has 0 aliphatic heterocycles. The van der Waals surface area contributed by atoms with Gasteiger partial charge in [-0.15, -0.1) is 0 Å². The van der Waals surface area contributed by atoms with Crippen molar-refractivity contribution in [3.63, 3.8) is 0 Å². The molecule has 135 valence electrons. The molecule has 1 rings (SSSR count). The van der Waals surface area contributed by atoms with Gasteiger partial charge in [0.1, 0.15) is 11.9 Å². The molecular weight excluding hydrogens is 577 g/mol. The molecule has 8 heteroatoms. The maximum atomic E-state index is 11.6. The third-order valence-corrected chi connectivity index (χ3v) is 5.15. The van der Waals surface area contributed by atoms with Crippen LogP contribution in [0.25, 0.3) is 0 Å². The Morgan fingerprint density at radius 3 is 2.17 bits per heavy atom. The van der Waals surface area contributed by atoms with Gasteiger partial charge in [0.2, 0.25) is 0 Å². The fraction of sp³-hybridized carbons (Fsp3) is 0.867. The number of rotatable bonds is 5. The molecule has 4 nitrogen and oxygen atoms in total. The minimum atomic E-state index is -1.74. The quantitative estimate of drug-likeness (QED) is 0.193. The predicted octanol–water partition coefficient (Wildman–Crippen LogP) is 4.93. The molecule has 3 unspecified atom stereocenters. The molecule has 1 fully saturated rings. The summed E-state index contributed by atoms with van der Waals surface area (Å²) in [5.74, 6) is -0.534. The molecular formula is C15H28I2O4SiV. The zero-order valence-corrected chi connectivity index (χ0v) is 21.7. The summed E-state index contributed by atoms with van der Waals surface area (Å²) in [4.78, 5) is 22.9. The van der Waals surface area contributed by atoms with E-state index < -0.39 is 19.5 Å². The zero-order chi connectivity index (χ0) is 18.5. The predicted molar refractivity (Wildman–Crippen MR) is 109 cm³/mol. The van der Waals surface area contributed by atoms with Crippen molar-refractivity contribution in [1.82, 2.24) is 0 Å². The Hall–Kier alpha value is 1.36. The van der Waals surface area contributed by atoms with Crippen LogP contribution < -0.4 is 0 Å². The molecule has 3 atom stereocenters. The van der Waals surface area contributed by atoms with E-state index in [0.717, 1.165) is 19.1 Å². The van der Waals surface area contributed by atoms with Crippen LogP contribution in [-0.2, 0) is 28.2 Å². The molecule has 1 aliphatic carbocycles. The van der Waals surface area contributed by atoms with Crippen molar-refractivity contribution in [2.24, 2.45) is 11.8 Å². The van der Waals surface area contributed by atoms with E-state index in [9.17, 15) is 9.59 Å². The van der Waals surface area contributed by atoms with E-state index in [4.69, 9.17) is 9.16 Å². The second kappa shape index (κ2) is 9.89. The van der Waals surface area contributed by atoms with Gasteiger partial charge in [-0.3, -0.25) is 4.79 Å². The van der Waals surface area contributed by atoms with E-state index in [1.807, 2.05) is 20.8 Å². The van der Waals surface area contributed by atoms with Crippen molar-refractivity contribution in [2.45, 2.75) is 71.4 Å². The van der Waals surface area contributed by atoms with Gasteiger partial charge in [0.15, 0.2) is 8.32 Å².